The van der Waals surface area contributed by atoms with Crippen molar-refractivity contribution in [2.24, 2.45) is 5.92 Å². The summed E-state index contributed by atoms with van der Waals surface area (Å²) in [6.07, 6.45) is -0.0983. The Morgan fingerprint density at radius 1 is 1.35 bits per heavy atom. The van der Waals surface area contributed by atoms with Crippen LogP contribution in [0.2, 0.25) is 0 Å². The third-order valence-corrected chi connectivity index (χ3v) is 2.88. The van der Waals surface area contributed by atoms with Gasteiger partial charge < -0.3 is 14.1 Å². The predicted octanol–water partition coefficient (Wildman–Crippen LogP) is 3.27. The maximum Gasteiger partial charge on any atom is 0.355 e. The largest absolute Gasteiger partial charge is 0.460 e. The fraction of sp³-hybridized carbons (Fsp3) is 0.462. The Bertz CT molecular complexity index is 504. The Morgan fingerprint density at radius 3 is 2.65 bits per heavy atom. The lowest BCUT2D eigenvalue weighted by Crippen LogP contribution is -2.20. The van der Waals surface area contributed by atoms with E-state index in [-0.39, 0.29) is 12.1 Å². The van der Waals surface area contributed by atoms with E-state index in [9.17, 15) is 4.79 Å². The molecule has 2 rings (SSSR count). The van der Waals surface area contributed by atoms with Crippen molar-refractivity contribution < 1.29 is 13.9 Å². The number of aromatic amines is 1. The number of hydrogen-bond donors (Lipinski definition) is 1. The third-order valence-electron chi connectivity index (χ3n) is 2.88. The number of ether oxygens (including phenoxy) is 1. The van der Waals surface area contributed by atoms with Crippen LogP contribution in [0.15, 0.2) is 16.5 Å². The molecular weight excluding hydrogens is 218 g/mol. The molecule has 2 heterocycles. The third kappa shape index (κ3) is 2.35. The summed E-state index contributed by atoms with van der Waals surface area (Å²) in [7, 11) is 0. The first-order valence-corrected chi connectivity index (χ1v) is 5.77. The Kier molecular flexibility index (Phi) is 2.96. The number of esters is 1. The Morgan fingerprint density at radius 2 is 2.06 bits per heavy atom. The van der Waals surface area contributed by atoms with Crippen LogP contribution in [0.5, 0.6) is 0 Å². The molecular formula is C13H17NO3. The van der Waals surface area contributed by atoms with E-state index < -0.39 is 0 Å². The zero-order chi connectivity index (χ0) is 12.6. The number of carbonyl (C=O) groups excluding carboxylic acids is 1. The molecule has 0 bridgehead atoms. The van der Waals surface area contributed by atoms with Crippen molar-refractivity contribution in [1.29, 1.82) is 0 Å². The second-order valence-corrected chi connectivity index (χ2v) is 4.67. The smallest absolute Gasteiger partial charge is 0.355 e. The van der Waals surface area contributed by atoms with Crippen LogP contribution in [0.25, 0.3) is 11.1 Å². The normalized spacial score (nSPS) is 13.2. The highest BCUT2D eigenvalue weighted by Gasteiger charge is 2.17. The van der Waals surface area contributed by atoms with E-state index in [0.717, 1.165) is 11.3 Å². The lowest BCUT2D eigenvalue weighted by molar-refractivity contribution is 0.0232. The molecule has 0 aliphatic carbocycles. The maximum absolute atomic E-state index is 11.8. The van der Waals surface area contributed by atoms with Crippen LogP contribution in [0, 0.1) is 12.8 Å². The fourth-order valence-corrected chi connectivity index (χ4v) is 1.53. The molecule has 92 valence electrons. The number of carbonyl (C=O) groups is 1. The summed E-state index contributed by atoms with van der Waals surface area (Å²) in [5, 5.41) is 0. The second kappa shape index (κ2) is 4.28. The quantitative estimate of drug-likeness (QED) is 0.831. The van der Waals surface area contributed by atoms with E-state index in [1.807, 2.05) is 33.8 Å². The highest BCUT2D eigenvalue weighted by atomic mass is 16.5. The Hall–Kier alpha value is -1.71. The minimum absolute atomic E-state index is 0.0983. The van der Waals surface area contributed by atoms with Crippen molar-refractivity contribution in [3.63, 3.8) is 0 Å². The summed E-state index contributed by atoms with van der Waals surface area (Å²) in [4.78, 5) is 14.8. The fourth-order valence-electron chi connectivity index (χ4n) is 1.53. The van der Waals surface area contributed by atoms with Crippen LogP contribution in [-0.2, 0) is 4.74 Å². The van der Waals surface area contributed by atoms with E-state index in [4.69, 9.17) is 9.15 Å². The zero-order valence-corrected chi connectivity index (χ0v) is 10.5. The van der Waals surface area contributed by atoms with E-state index >= 15 is 0 Å². The van der Waals surface area contributed by atoms with Gasteiger partial charge in [-0.2, -0.15) is 0 Å². The molecule has 0 saturated carbocycles. The number of aromatic nitrogens is 1. The van der Waals surface area contributed by atoms with Crippen molar-refractivity contribution in [2.75, 3.05) is 0 Å². The number of hydrogen-bond acceptors (Lipinski definition) is 3. The first kappa shape index (κ1) is 11.8. The van der Waals surface area contributed by atoms with Crippen molar-refractivity contribution in [3.8, 4) is 0 Å². The van der Waals surface area contributed by atoms with Gasteiger partial charge in [0.05, 0.1) is 5.52 Å². The molecule has 1 atom stereocenters. The zero-order valence-electron chi connectivity index (χ0n) is 10.5. The van der Waals surface area contributed by atoms with Gasteiger partial charge in [0, 0.05) is 12.1 Å². The van der Waals surface area contributed by atoms with Gasteiger partial charge in [0.25, 0.3) is 0 Å². The average molecular weight is 235 g/mol. The van der Waals surface area contributed by atoms with Crippen LogP contribution in [0.4, 0.5) is 0 Å². The van der Waals surface area contributed by atoms with Gasteiger partial charge in [0.1, 0.15) is 17.6 Å². The molecule has 2 aromatic rings. The number of furan rings is 1. The van der Waals surface area contributed by atoms with Gasteiger partial charge in [-0.1, -0.05) is 13.8 Å². The lowest BCUT2D eigenvalue weighted by atomic mass is 10.1. The SMILES string of the molecule is Cc1cc2[nH]c(C(=O)OC(C)C(C)C)cc2o1. The highest BCUT2D eigenvalue weighted by molar-refractivity contribution is 5.93. The van der Waals surface area contributed by atoms with Crippen molar-refractivity contribution >= 4 is 17.1 Å². The number of aryl methyl sites for hydroxylation is 1. The maximum atomic E-state index is 11.8. The highest BCUT2D eigenvalue weighted by Crippen LogP contribution is 2.20. The number of rotatable bonds is 3. The van der Waals surface area contributed by atoms with Gasteiger partial charge in [0.15, 0.2) is 5.58 Å². The standard InChI is InChI=1S/C13H17NO3/c1-7(2)9(4)17-13(15)11-6-12-10(14-11)5-8(3)16-12/h5-7,9,14H,1-4H3. The summed E-state index contributed by atoms with van der Waals surface area (Å²) in [6.45, 7) is 7.79. The second-order valence-electron chi connectivity index (χ2n) is 4.67. The van der Waals surface area contributed by atoms with Crippen LogP contribution >= 0.6 is 0 Å². The monoisotopic (exact) mass is 235 g/mol. The van der Waals surface area contributed by atoms with Crippen molar-refractivity contribution in [2.45, 2.75) is 33.8 Å². The van der Waals surface area contributed by atoms with Gasteiger partial charge in [-0.05, 0) is 19.8 Å². The number of H-pyrrole nitrogens is 1. The van der Waals surface area contributed by atoms with Gasteiger partial charge in [-0.15, -0.1) is 0 Å². The predicted molar refractivity (Wildman–Crippen MR) is 65.0 cm³/mol. The topological polar surface area (TPSA) is 55.2 Å². The molecule has 0 aromatic carbocycles. The Labute approximate surface area is 99.9 Å². The van der Waals surface area contributed by atoms with Crippen molar-refractivity contribution in [3.05, 3.63) is 23.6 Å². The molecule has 0 fully saturated rings. The minimum Gasteiger partial charge on any atom is -0.460 e. The summed E-state index contributed by atoms with van der Waals surface area (Å²) >= 11 is 0. The van der Waals surface area contributed by atoms with Gasteiger partial charge in [-0.25, -0.2) is 4.79 Å². The molecule has 0 aliphatic rings. The van der Waals surface area contributed by atoms with Crippen LogP contribution < -0.4 is 0 Å². The molecule has 0 amide bonds. The van der Waals surface area contributed by atoms with E-state index in [2.05, 4.69) is 4.98 Å². The first-order chi connectivity index (χ1) is 7.97. The molecule has 0 saturated heterocycles. The summed E-state index contributed by atoms with van der Waals surface area (Å²) < 4.78 is 10.7. The molecule has 4 heteroatoms. The lowest BCUT2D eigenvalue weighted by Gasteiger charge is -2.15. The van der Waals surface area contributed by atoms with Gasteiger partial charge >= 0.3 is 5.97 Å². The van der Waals surface area contributed by atoms with Gasteiger partial charge in [0.2, 0.25) is 0 Å². The number of fused-ring (bicyclic) bond motifs is 1. The van der Waals surface area contributed by atoms with Crippen LogP contribution in [0.3, 0.4) is 0 Å². The minimum atomic E-state index is -0.338. The van der Waals surface area contributed by atoms with E-state index in [1.54, 1.807) is 6.07 Å². The van der Waals surface area contributed by atoms with E-state index in [1.165, 1.54) is 0 Å². The summed E-state index contributed by atoms with van der Waals surface area (Å²) in [5.74, 6) is 0.788. The molecule has 1 unspecified atom stereocenters. The van der Waals surface area contributed by atoms with Crippen LogP contribution in [0.1, 0.15) is 37.0 Å². The molecule has 0 aliphatic heterocycles. The molecule has 0 radical (unpaired) electrons. The summed E-state index contributed by atoms with van der Waals surface area (Å²) in [6, 6.07) is 3.54. The molecule has 0 spiro atoms. The molecule has 1 N–H and O–H groups in total. The van der Waals surface area contributed by atoms with Crippen molar-refractivity contribution in [1.82, 2.24) is 4.98 Å². The molecule has 17 heavy (non-hydrogen) atoms. The molecule has 2 aromatic heterocycles. The molecule has 4 nitrogen and oxygen atoms in total. The number of nitrogens with one attached hydrogen (secondary N) is 1. The summed E-state index contributed by atoms with van der Waals surface area (Å²) in [5.41, 5.74) is 1.95. The van der Waals surface area contributed by atoms with Crippen LogP contribution in [-0.4, -0.2) is 17.1 Å². The Balaban J connectivity index is 2.16. The van der Waals surface area contributed by atoms with E-state index in [0.29, 0.717) is 17.2 Å². The van der Waals surface area contributed by atoms with Gasteiger partial charge in [-0.3, -0.25) is 0 Å². The average Bonchev–Trinajstić information content (AvgIpc) is 2.73. The first-order valence-electron chi connectivity index (χ1n) is 5.77.